The molecule has 0 fully saturated rings. The molecule has 0 unspecified atom stereocenters. The Kier molecular flexibility index (Phi) is 5.64. The van der Waals surface area contributed by atoms with Crippen LogP contribution in [0.15, 0.2) is 18.2 Å². The summed E-state index contributed by atoms with van der Waals surface area (Å²) in [5, 5.41) is 8.91. The van der Waals surface area contributed by atoms with E-state index in [9.17, 15) is 18.0 Å². The molecule has 8 heteroatoms. The van der Waals surface area contributed by atoms with Crippen molar-refractivity contribution < 1.29 is 27.8 Å². The molecule has 0 aliphatic heterocycles. The van der Waals surface area contributed by atoms with E-state index in [0.717, 1.165) is 4.90 Å². The molecule has 1 N–H and O–H groups in total. The standard InChI is InChI=1S/C12H13ClF3NO3/c1-20-10-4-2-3-9(13)8(10)5-17(6-11(18)19)7-12(14,15)16/h2-4H,5-7H2,1H3,(H,18,19). The third-order valence-corrected chi connectivity index (χ3v) is 2.79. The summed E-state index contributed by atoms with van der Waals surface area (Å²) in [7, 11) is 1.36. The van der Waals surface area contributed by atoms with E-state index in [-0.39, 0.29) is 11.6 Å². The SMILES string of the molecule is COc1cccc(Cl)c1CN(CC(=O)O)CC(F)(F)F. The van der Waals surface area contributed by atoms with Crippen LogP contribution in [0.2, 0.25) is 5.02 Å². The van der Waals surface area contributed by atoms with Crippen LogP contribution in [0.3, 0.4) is 0 Å². The maximum atomic E-state index is 12.4. The van der Waals surface area contributed by atoms with Gasteiger partial charge in [0, 0.05) is 17.1 Å². The minimum atomic E-state index is -4.50. The number of hydrogen-bond acceptors (Lipinski definition) is 3. The molecule has 1 aromatic carbocycles. The van der Waals surface area contributed by atoms with E-state index in [2.05, 4.69) is 0 Å². The van der Waals surface area contributed by atoms with Gasteiger partial charge in [-0.3, -0.25) is 9.69 Å². The molecule has 1 rings (SSSR count). The molecule has 0 spiro atoms. The summed E-state index contributed by atoms with van der Waals surface area (Å²) >= 11 is 5.92. The lowest BCUT2D eigenvalue weighted by atomic mass is 10.2. The Morgan fingerprint density at radius 1 is 1.45 bits per heavy atom. The van der Waals surface area contributed by atoms with Gasteiger partial charge < -0.3 is 9.84 Å². The first kappa shape index (κ1) is 16.6. The van der Waals surface area contributed by atoms with Crippen LogP contribution in [0.25, 0.3) is 0 Å². The van der Waals surface area contributed by atoms with Crippen LogP contribution in [0.1, 0.15) is 5.56 Å². The highest BCUT2D eigenvalue weighted by Crippen LogP contribution is 2.28. The lowest BCUT2D eigenvalue weighted by molar-refractivity contribution is -0.154. The number of ether oxygens (including phenoxy) is 1. The van der Waals surface area contributed by atoms with E-state index >= 15 is 0 Å². The van der Waals surface area contributed by atoms with Gasteiger partial charge in [-0.15, -0.1) is 0 Å². The minimum absolute atomic E-state index is 0.224. The molecule has 0 saturated heterocycles. The molecular weight excluding hydrogens is 299 g/mol. The number of benzene rings is 1. The fourth-order valence-corrected chi connectivity index (χ4v) is 1.95. The number of carboxylic acids is 1. The maximum absolute atomic E-state index is 12.4. The lowest BCUT2D eigenvalue weighted by Gasteiger charge is -2.23. The topological polar surface area (TPSA) is 49.8 Å². The van der Waals surface area contributed by atoms with Crippen molar-refractivity contribution in [2.45, 2.75) is 12.7 Å². The lowest BCUT2D eigenvalue weighted by Crippen LogP contribution is -2.37. The van der Waals surface area contributed by atoms with Crippen LogP contribution < -0.4 is 4.74 Å². The van der Waals surface area contributed by atoms with Crippen LogP contribution in [0.4, 0.5) is 13.2 Å². The maximum Gasteiger partial charge on any atom is 0.401 e. The number of halogens is 4. The second-order valence-corrected chi connectivity index (χ2v) is 4.48. The van der Waals surface area contributed by atoms with E-state index in [0.29, 0.717) is 11.3 Å². The predicted molar refractivity (Wildman–Crippen MR) is 67.0 cm³/mol. The molecule has 0 heterocycles. The normalized spacial score (nSPS) is 11.7. The monoisotopic (exact) mass is 311 g/mol. The Hall–Kier alpha value is -1.47. The highest BCUT2D eigenvalue weighted by molar-refractivity contribution is 6.31. The second kappa shape index (κ2) is 6.81. The summed E-state index contributed by atoms with van der Waals surface area (Å²) in [4.78, 5) is 11.4. The van der Waals surface area contributed by atoms with Crippen molar-refractivity contribution in [2.75, 3.05) is 20.2 Å². The zero-order chi connectivity index (χ0) is 15.3. The minimum Gasteiger partial charge on any atom is -0.496 e. The molecule has 0 aromatic heterocycles. The van der Waals surface area contributed by atoms with Gasteiger partial charge in [0.2, 0.25) is 0 Å². The first-order chi connectivity index (χ1) is 9.23. The van der Waals surface area contributed by atoms with Crippen molar-refractivity contribution in [3.05, 3.63) is 28.8 Å². The molecule has 0 atom stereocenters. The molecule has 0 bridgehead atoms. The number of aliphatic carboxylic acids is 1. The molecule has 1 aromatic rings. The number of hydrogen-bond donors (Lipinski definition) is 1. The third-order valence-electron chi connectivity index (χ3n) is 2.44. The van der Waals surface area contributed by atoms with Gasteiger partial charge >= 0.3 is 12.1 Å². The Balaban J connectivity index is 2.97. The smallest absolute Gasteiger partial charge is 0.401 e. The van der Waals surface area contributed by atoms with E-state index in [4.69, 9.17) is 21.4 Å². The van der Waals surface area contributed by atoms with Gasteiger partial charge in [0.25, 0.3) is 0 Å². The van der Waals surface area contributed by atoms with Gasteiger partial charge in [-0.25, -0.2) is 0 Å². The summed E-state index contributed by atoms with van der Waals surface area (Å²) in [6, 6.07) is 4.65. The molecule has 4 nitrogen and oxygen atoms in total. The number of methoxy groups -OCH3 is 1. The van der Waals surface area contributed by atoms with Crippen LogP contribution in [-0.2, 0) is 11.3 Å². The number of alkyl halides is 3. The average molecular weight is 312 g/mol. The van der Waals surface area contributed by atoms with Gasteiger partial charge in [0.05, 0.1) is 20.2 Å². The average Bonchev–Trinajstić information content (AvgIpc) is 2.28. The molecule has 20 heavy (non-hydrogen) atoms. The quantitative estimate of drug-likeness (QED) is 0.877. The van der Waals surface area contributed by atoms with Gasteiger partial charge in [0.15, 0.2) is 0 Å². The first-order valence-electron chi connectivity index (χ1n) is 5.55. The zero-order valence-corrected chi connectivity index (χ0v) is 11.3. The molecule has 0 amide bonds. The first-order valence-corrected chi connectivity index (χ1v) is 5.93. The largest absolute Gasteiger partial charge is 0.496 e. The zero-order valence-electron chi connectivity index (χ0n) is 10.6. The fourth-order valence-electron chi connectivity index (χ4n) is 1.72. The molecule has 0 saturated carbocycles. The highest BCUT2D eigenvalue weighted by atomic mass is 35.5. The number of carboxylic acid groups (broad SMARTS) is 1. The molecular formula is C12H13ClF3NO3. The summed E-state index contributed by atoms with van der Waals surface area (Å²) in [6.45, 7) is -2.35. The van der Waals surface area contributed by atoms with Gasteiger partial charge in [-0.1, -0.05) is 17.7 Å². The Morgan fingerprint density at radius 3 is 2.60 bits per heavy atom. The van der Waals surface area contributed by atoms with Gasteiger partial charge in [-0.05, 0) is 12.1 Å². The predicted octanol–water partition coefficient (Wildman–Crippen LogP) is 2.80. The summed E-state index contributed by atoms with van der Waals surface area (Å²) in [5.41, 5.74) is 0.321. The summed E-state index contributed by atoms with van der Waals surface area (Å²) in [6.07, 6.45) is -4.50. The molecule has 0 aliphatic carbocycles. The summed E-state index contributed by atoms with van der Waals surface area (Å²) in [5.74, 6) is -1.03. The van der Waals surface area contributed by atoms with Crippen molar-refractivity contribution in [3.8, 4) is 5.75 Å². The fraction of sp³-hybridized carbons (Fsp3) is 0.417. The Morgan fingerprint density at radius 2 is 2.10 bits per heavy atom. The highest BCUT2D eigenvalue weighted by Gasteiger charge is 2.32. The van der Waals surface area contributed by atoms with Crippen LogP contribution >= 0.6 is 11.6 Å². The van der Waals surface area contributed by atoms with Crippen LogP contribution in [-0.4, -0.2) is 42.4 Å². The third kappa shape index (κ3) is 5.26. The van der Waals surface area contributed by atoms with E-state index in [1.165, 1.54) is 13.2 Å². The molecule has 112 valence electrons. The van der Waals surface area contributed by atoms with Crippen molar-refractivity contribution in [1.29, 1.82) is 0 Å². The van der Waals surface area contributed by atoms with E-state index < -0.39 is 25.2 Å². The number of rotatable bonds is 6. The second-order valence-electron chi connectivity index (χ2n) is 4.07. The summed E-state index contributed by atoms with van der Waals surface area (Å²) < 4.78 is 42.4. The number of carbonyl (C=O) groups is 1. The Bertz CT molecular complexity index is 480. The van der Waals surface area contributed by atoms with Crippen molar-refractivity contribution >= 4 is 17.6 Å². The van der Waals surface area contributed by atoms with E-state index in [1.807, 2.05) is 0 Å². The van der Waals surface area contributed by atoms with E-state index in [1.54, 1.807) is 12.1 Å². The molecule has 0 aliphatic rings. The van der Waals surface area contributed by atoms with Crippen molar-refractivity contribution in [3.63, 3.8) is 0 Å². The Labute approximate surface area is 118 Å². The number of nitrogens with zero attached hydrogens (tertiary/aromatic N) is 1. The van der Waals surface area contributed by atoms with Crippen LogP contribution in [0, 0.1) is 0 Å². The van der Waals surface area contributed by atoms with Crippen LogP contribution in [0.5, 0.6) is 5.75 Å². The molecule has 0 radical (unpaired) electrons. The van der Waals surface area contributed by atoms with Crippen molar-refractivity contribution in [2.24, 2.45) is 0 Å². The van der Waals surface area contributed by atoms with Crippen molar-refractivity contribution in [1.82, 2.24) is 4.90 Å². The van der Waals surface area contributed by atoms with Gasteiger partial charge in [-0.2, -0.15) is 13.2 Å². The van der Waals surface area contributed by atoms with Gasteiger partial charge in [0.1, 0.15) is 5.75 Å².